The van der Waals surface area contributed by atoms with Gasteiger partial charge in [-0.05, 0) is 34.1 Å². The molecule has 1 heterocycles. The van der Waals surface area contributed by atoms with Gasteiger partial charge in [0, 0.05) is 17.8 Å². The first-order valence-corrected chi connectivity index (χ1v) is 5.71. The highest BCUT2D eigenvalue weighted by molar-refractivity contribution is 5.30. The van der Waals surface area contributed by atoms with Gasteiger partial charge in [-0.2, -0.15) is 4.98 Å². The molecule has 0 aliphatic rings. The Morgan fingerprint density at radius 1 is 1.44 bits per heavy atom. The zero-order valence-electron chi connectivity index (χ0n) is 10.7. The molecule has 0 saturated heterocycles. The van der Waals surface area contributed by atoms with E-state index in [2.05, 4.69) is 36.1 Å². The lowest BCUT2D eigenvalue weighted by atomic mass is 10.0. The molecule has 0 saturated carbocycles. The van der Waals surface area contributed by atoms with Crippen molar-refractivity contribution in [1.29, 1.82) is 0 Å². The van der Waals surface area contributed by atoms with Crippen LogP contribution in [0.25, 0.3) is 0 Å². The standard InChI is InChI=1S/C12H21N3O/c1-6-12(4,5)15-11-13-8-7-10(14-11)16-9(2)3/h7-9H,6H2,1-5H3,(H,13,14,15). The SMILES string of the molecule is CCC(C)(C)Nc1nccc(OC(C)C)n1. The fourth-order valence-corrected chi connectivity index (χ4v) is 1.10. The number of nitrogens with one attached hydrogen (secondary N) is 1. The molecular weight excluding hydrogens is 202 g/mol. The van der Waals surface area contributed by atoms with Crippen LogP contribution in [0.1, 0.15) is 41.0 Å². The van der Waals surface area contributed by atoms with Gasteiger partial charge in [0.2, 0.25) is 11.8 Å². The number of rotatable bonds is 5. The van der Waals surface area contributed by atoms with Gasteiger partial charge in [0.05, 0.1) is 6.10 Å². The monoisotopic (exact) mass is 223 g/mol. The number of nitrogens with zero attached hydrogens (tertiary/aromatic N) is 2. The van der Waals surface area contributed by atoms with Crippen molar-refractivity contribution in [3.8, 4) is 5.88 Å². The Hall–Kier alpha value is -1.32. The van der Waals surface area contributed by atoms with E-state index in [-0.39, 0.29) is 11.6 Å². The molecule has 0 unspecified atom stereocenters. The molecule has 0 spiro atoms. The molecule has 4 nitrogen and oxygen atoms in total. The quantitative estimate of drug-likeness (QED) is 0.833. The van der Waals surface area contributed by atoms with Gasteiger partial charge < -0.3 is 10.1 Å². The maximum Gasteiger partial charge on any atom is 0.226 e. The largest absolute Gasteiger partial charge is 0.475 e. The summed E-state index contributed by atoms with van der Waals surface area (Å²) < 4.78 is 5.51. The fourth-order valence-electron chi connectivity index (χ4n) is 1.10. The minimum atomic E-state index is -0.00352. The highest BCUT2D eigenvalue weighted by Gasteiger charge is 2.15. The number of hydrogen-bond donors (Lipinski definition) is 1. The van der Waals surface area contributed by atoms with Crippen molar-refractivity contribution in [3.05, 3.63) is 12.3 Å². The van der Waals surface area contributed by atoms with Gasteiger partial charge in [-0.1, -0.05) is 6.92 Å². The first-order valence-electron chi connectivity index (χ1n) is 5.71. The Labute approximate surface area is 97.5 Å². The zero-order chi connectivity index (χ0) is 12.2. The molecule has 0 fully saturated rings. The maximum atomic E-state index is 5.51. The second kappa shape index (κ2) is 5.14. The summed E-state index contributed by atoms with van der Waals surface area (Å²) in [5.74, 6) is 1.23. The number of ether oxygens (including phenoxy) is 1. The molecular formula is C12H21N3O. The first kappa shape index (κ1) is 12.7. The summed E-state index contributed by atoms with van der Waals surface area (Å²) in [6, 6.07) is 1.77. The van der Waals surface area contributed by atoms with Gasteiger partial charge in [-0.25, -0.2) is 4.98 Å². The summed E-state index contributed by atoms with van der Waals surface area (Å²) >= 11 is 0. The van der Waals surface area contributed by atoms with Crippen molar-refractivity contribution >= 4 is 5.95 Å². The molecule has 0 atom stereocenters. The second-order valence-electron chi connectivity index (χ2n) is 4.75. The molecule has 0 radical (unpaired) electrons. The Morgan fingerprint density at radius 3 is 2.69 bits per heavy atom. The normalized spacial score (nSPS) is 11.6. The van der Waals surface area contributed by atoms with Crippen LogP contribution in [0.15, 0.2) is 12.3 Å². The molecule has 1 aromatic rings. The van der Waals surface area contributed by atoms with Crippen LogP contribution < -0.4 is 10.1 Å². The van der Waals surface area contributed by atoms with Gasteiger partial charge in [-0.15, -0.1) is 0 Å². The minimum Gasteiger partial charge on any atom is -0.475 e. The third kappa shape index (κ3) is 4.04. The predicted molar refractivity (Wildman–Crippen MR) is 65.8 cm³/mol. The van der Waals surface area contributed by atoms with Gasteiger partial charge in [0.25, 0.3) is 0 Å². The van der Waals surface area contributed by atoms with E-state index in [0.717, 1.165) is 6.42 Å². The van der Waals surface area contributed by atoms with E-state index in [1.165, 1.54) is 0 Å². The first-order chi connectivity index (χ1) is 7.43. The maximum absolute atomic E-state index is 5.51. The second-order valence-corrected chi connectivity index (χ2v) is 4.75. The molecule has 0 aliphatic heterocycles. The van der Waals surface area contributed by atoms with Crippen molar-refractivity contribution in [2.75, 3.05) is 5.32 Å². The minimum absolute atomic E-state index is 0.00352. The lowest BCUT2D eigenvalue weighted by Crippen LogP contribution is -2.30. The van der Waals surface area contributed by atoms with Gasteiger partial charge >= 0.3 is 0 Å². The molecule has 1 rings (SSSR count). The van der Waals surface area contributed by atoms with E-state index in [9.17, 15) is 0 Å². The summed E-state index contributed by atoms with van der Waals surface area (Å²) in [6.07, 6.45) is 2.84. The summed E-state index contributed by atoms with van der Waals surface area (Å²) in [5, 5.41) is 3.28. The summed E-state index contributed by atoms with van der Waals surface area (Å²) in [6.45, 7) is 10.3. The molecule has 0 aliphatic carbocycles. The van der Waals surface area contributed by atoms with Crippen molar-refractivity contribution in [2.24, 2.45) is 0 Å². The van der Waals surface area contributed by atoms with E-state index in [1.807, 2.05) is 13.8 Å². The molecule has 16 heavy (non-hydrogen) atoms. The molecule has 4 heteroatoms. The van der Waals surface area contributed by atoms with Crippen molar-refractivity contribution < 1.29 is 4.74 Å². The summed E-state index contributed by atoms with van der Waals surface area (Å²) in [4.78, 5) is 8.48. The average molecular weight is 223 g/mol. The van der Waals surface area contributed by atoms with E-state index in [1.54, 1.807) is 12.3 Å². The average Bonchev–Trinajstić information content (AvgIpc) is 2.16. The van der Waals surface area contributed by atoms with Gasteiger partial charge in [0.1, 0.15) is 0 Å². The number of aromatic nitrogens is 2. The van der Waals surface area contributed by atoms with Crippen LogP contribution >= 0.6 is 0 Å². The van der Waals surface area contributed by atoms with E-state index >= 15 is 0 Å². The number of hydrogen-bond acceptors (Lipinski definition) is 4. The molecule has 1 N–H and O–H groups in total. The van der Waals surface area contributed by atoms with Crippen LogP contribution in [0.3, 0.4) is 0 Å². The van der Waals surface area contributed by atoms with Crippen LogP contribution in [0.5, 0.6) is 5.88 Å². The fraction of sp³-hybridized carbons (Fsp3) is 0.667. The smallest absolute Gasteiger partial charge is 0.226 e. The third-order valence-electron chi connectivity index (χ3n) is 2.32. The van der Waals surface area contributed by atoms with Crippen LogP contribution in [-0.4, -0.2) is 21.6 Å². The molecule has 1 aromatic heterocycles. The van der Waals surface area contributed by atoms with Crippen molar-refractivity contribution in [3.63, 3.8) is 0 Å². The van der Waals surface area contributed by atoms with Crippen molar-refractivity contribution in [1.82, 2.24) is 9.97 Å². The topological polar surface area (TPSA) is 47.0 Å². The Morgan fingerprint density at radius 2 is 2.12 bits per heavy atom. The van der Waals surface area contributed by atoms with E-state index in [4.69, 9.17) is 4.74 Å². The van der Waals surface area contributed by atoms with Crippen LogP contribution in [0.4, 0.5) is 5.95 Å². The van der Waals surface area contributed by atoms with E-state index in [0.29, 0.717) is 11.8 Å². The van der Waals surface area contributed by atoms with Crippen molar-refractivity contribution in [2.45, 2.75) is 52.7 Å². The molecule has 0 amide bonds. The number of anilines is 1. The highest BCUT2D eigenvalue weighted by atomic mass is 16.5. The lowest BCUT2D eigenvalue weighted by molar-refractivity contribution is 0.232. The van der Waals surface area contributed by atoms with Crippen LogP contribution in [0.2, 0.25) is 0 Å². The lowest BCUT2D eigenvalue weighted by Gasteiger charge is -2.24. The van der Waals surface area contributed by atoms with Crippen LogP contribution in [0, 0.1) is 0 Å². The summed E-state index contributed by atoms with van der Waals surface area (Å²) in [5.41, 5.74) is -0.00352. The Kier molecular flexibility index (Phi) is 4.10. The molecule has 0 bridgehead atoms. The summed E-state index contributed by atoms with van der Waals surface area (Å²) in [7, 11) is 0. The van der Waals surface area contributed by atoms with Crippen LogP contribution in [-0.2, 0) is 0 Å². The predicted octanol–water partition coefficient (Wildman–Crippen LogP) is 2.86. The molecule has 0 aromatic carbocycles. The van der Waals surface area contributed by atoms with Gasteiger partial charge in [0.15, 0.2) is 0 Å². The zero-order valence-corrected chi connectivity index (χ0v) is 10.7. The Bertz CT molecular complexity index is 337. The third-order valence-corrected chi connectivity index (χ3v) is 2.32. The van der Waals surface area contributed by atoms with Gasteiger partial charge in [-0.3, -0.25) is 0 Å². The Balaban J connectivity index is 2.74. The highest BCUT2D eigenvalue weighted by Crippen LogP contribution is 2.16. The van der Waals surface area contributed by atoms with E-state index < -0.39 is 0 Å². The molecule has 90 valence electrons.